The molecule has 0 saturated heterocycles. The van der Waals surface area contributed by atoms with Crippen LogP contribution in [-0.2, 0) is 13.0 Å². The van der Waals surface area contributed by atoms with E-state index in [0.717, 1.165) is 6.42 Å². The Labute approximate surface area is 80.7 Å². The zero-order valence-electron chi connectivity index (χ0n) is 7.84. The molecule has 6 heteroatoms. The van der Waals surface area contributed by atoms with Crippen molar-refractivity contribution >= 4 is 5.69 Å². The number of nitrogens with two attached hydrogens (primary N) is 1. The highest BCUT2D eigenvalue weighted by atomic mass is 16.5. The summed E-state index contributed by atoms with van der Waals surface area (Å²) in [5, 5.41) is 7.79. The molecule has 0 amide bonds. The zero-order valence-corrected chi connectivity index (χ0v) is 7.84. The lowest BCUT2D eigenvalue weighted by atomic mass is 10.5. The second-order valence-corrected chi connectivity index (χ2v) is 2.93. The van der Waals surface area contributed by atoms with Crippen LogP contribution in [0.2, 0.25) is 0 Å². The number of anilines is 1. The van der Waals surface area contributed by atoms with Crippen molar-refractivity contribution in [3.63, 3.8) is 0 Å². The Bertz CT molecular complexity index is 419. The van der Waals surface area contributed by atoms with Gasteiger partial charge in [0.1, 0.15) is 6.54 Å². The third kappa shape index (κ3) is 1.73. The molecule has 0 fully saturated rings. The number of aromatic nitrogens is 4. The molecular formula is C8H11N5O. The van der Waals surface area contributed by atoms with E-state index in [1.54, 1.807) is 17.1 Å². The van der Waals surface area contributed by atoms with E-state index >= 15 is 0 Å². The van der Waals surface area contributed by atoms with Crippen LogP contribution in [0.5, 0.6) is 0 Å². The SMILES string of the molecule is CCc1noc(Cn2cc(N)cn2)n1. The number of hydrogen-bond acceptors (Lipinski definition) is 5. The van der Waals surface area contributed by atoms with Crippen LogP contribution in [0.4, 0.5) is 5.69 Å². The summed E-state index contributed by atoms with van der Waals surface area (Å²) in [6.45, 7) is 2.44. The standard InChI is InChI=1S/C8H11N5O/c1-2-7-11-8(14-12-7)5-13-4-6(9)3-10-13/h3-4H,2,5,9H2,1H3. The summed E-state index contributed by atoms with van der Waals surface area (Å²) in [6, 6.07) is 0. The molecule has 2 aromatic heterocycles. The molecule has 0 aliphatic carbocycles. The first-order valence-electron chi connectivity index (χ1n) is 4.37. The van der Waals surface area contributed by atoms with Gasteiger partial charge in [0.2, 0.25) is 5.89 Å². The number of aryl methyl sites for hydroxylation is 1. The fourth-order valence-corrected chi connectivity index (χ4v) is 1.10. The summed E-state index contributed by atoms with van der Waals surface area (Å²) in [4.78, 5) is 4.15. The van der Waals surface area contributed by atoms with Gasteiger partial charge in [-0.3, -0.25) is 4.68 Å². The van der Waals surface area contributed by atoms with Crippen molar-refractivity contribution in [3.05, 3.63) is 24.1 Å². The van der Waals surface area contributed by atoms with Crippen molar-refractivity contribution in [2.75, 3.05) is 5.73 Å². The van der Waals surface area contributed by atoms with E-state index in [-0.39, 0.29) is 0 Å². The Hall–Kier alpha value is -1.85. The lowest BCUT2D eigenvalue weighted by molar-refractivity contribution is 0.361. The van der Waals surface area contributed by atoms with Crippen molar-refractivity contribution in [2.24, 2.45) is 0 Å². The van der Waals surface area contributed by atoms with Crippen molar-refractivity contribution in [1.82, 2.24) is 19.9 Å². The summed E-state index contributed by atoms with van der Waals surface area (Å²) in [5.41, 5.74) is 6.14. The zero-order chi connectivity index (χ0) is 9.97. The molecule has 2 heterocycles. The summed E-state index contributed by atoms with van der Waals surface area (Å²) in [5.74, 6) is 1.25. The van der Waals surface area contributed by atoms with E-state index in [9.17, 15) is 0 Å². The third-order valence-corrected chi connectivity index (χ3v) is 1.78. The monoisotopic (exact) mass is 193 g/mol. The highest BCUT2D eigenvalue weighted by Gasteiger charge is 2.05. The maximum Gasteiger partial charge on any atom is 0.248 e. The highest BCUT2D eigenvalue weighted by molar-refractivity contribution is 5.30. The average molecular weight is 193 g/mol. The van der Waals surface area contributed by atoms with Gasteiger partial charge in [0.05, 0.1) is 11.9 Å². The Morgan fingerprint density at radius 1 is 1.57 bits per heavy atom. The maximum atomic E-state index is 5.51. The van der Waals surface area contributed by atoms with Gasteiger partial charge in [-0.25, -0.2) is 0 Å². The van der Waals surface area contributed by atoms with E-state index in [1.165, 1.54) is 0 Å². The molecule has 0 saturated carbocycles. The van der Waals surface area contributed by atoms with Crippen LogP contribution in [-0.4, -0.2) is 19.9 Å². The van der Waals surface area contributed by atoms with Crippen LogP contribution < -0.4 is 5.73 Å². The lowest BCUT2D eigenvalue weighted by Gasteiger charge is -1.93. The normalized spacial score (nSPS) is 10.6. The number of nitrogens with zero attached hydrogens (tertiary/aromatic N) is 4. The van der Waals surface area contributed by atoms with Gasteiger partial charge in [0.15, 0.2) is 5.82 Å². The smallest absolute Gasteiger partial charge is 0.248 e. The van der Waals surface area contributed by atoms with Crippen LogP contribution in [0.25, 0.3) is 0 Å². The molecule has 0 unspecified atom stereocenters. The largest absolute Gasteiger partial charge is 0.396 e. The molecule has 2 rings (SSSR count). The minimum absolute atomic E-state index is 0.463. The van der Waals surface area contributed by atoms with Crippen molar-refractivity contribution in [1.29, 1.82) is 0 Å². The highest BCUT2D eigenvalue weighted by Crippen LogP contribution is 2.03. The molecular weight excluding hydrogens is 182 g/mol. The maximum absolute atomic E-state index is 5.51. The van der Waals surface area contributed by atoms with Gasteiger partial charge < -0.3 is 10.3 Å². The summed E-state index contributed by atoms with van der Waals surface area (Å²) < 4.78 is 6.66. The van der Waals surface area contributed by atoms with Gasteiger partial charge in [-0.05, 0) is 0 Å². The molecule has 74 valence electrons. The topological polar surface area (TPSA) is 82.8 Å². The minimum atomic E-state index is 0.463. The van der Waals surface area contributed by atoms with Gasteiger partial charge in [-0.2, -0.15) is 10.1 Å². The van der Waals surface area contributed by atoms with Crippen molar-refractivity contribution in [3.8, 4) is 0 Å². The number of rotatable bonds is 3. The predicted molar refractivity (Wildman–Crippen MR) is 49.4 cm³/mol. The van der Waals surface area contributed by atoms with Crippen LogP contribution in [0.3, 0.4) is 0 Å². The average Bonchev–Trinajstić information content (AvgIpc) is 2.76. The van der Waals surface area contributed by atoms with Crippen LogP contribution in [0.1, 0.15) is 18.6 Å². The summed E-state index contributed by atoms with van der Waals surface area (Å²) >= 11 is 0. The van der Waals surface area contributed by atoms with E-state index in [2.05, 4.69) is 15.2 Å². The van der Waals surface area contributed by atoms with Crippen molar-refractivity contribution < 1.29 is 4.52 Å². The van der Waals surface area contributed by atoms with Crippen LogP contribution in [0.15, 0.2) is 16.9 Å². The van der Waals surface area contributed by atoms with Gasteiger partial charge in [-0.1, -0.05) is 12.1 Å². The molecule has 14 heavy (non-hydrogen) atoms. The summed E-state index contributed by atoms with van der Waals surface area (Å²) in [7, 11) is 0. The lowest BCUT2D eigenvalue weighted by Crippen LogP contribution is -2.00. The van der Waals surface area contributed by atoms with E-state index in [1.807, 2.05) is 6.92 Å². The first-order chi connectivity index (χ1) is 6.78. The molecule has 0 spiro atoms. The summed E-state index contributed by atoms with van der Waals surface area (Å²) in [6.07, 6.45) is 4.07. The predicted octanol–water partition coefficient (Wildman–Crippen LogP) is 0.459. The molecule has 2 N–H and O–H groups in total. The van der Waals surface area contributed by atoms with Crippen LogP contribution >= 0.6 is 0 Å². The molecule has 0 radical (unpaired) electrons. The first kappa shape index (κ1) is 8.74. The number of nitrogen functional groups attached to an aromatic ring is 1. The second kappa shape index (κ2) is 3.49. The van der Waals surface area contributed by atoms with Crippen LogP contribution in [0, 0.1) is 0 Å². The molecule has 2 aromatic rings. The van der Waals surface area contributed by atoms with E-state index < -0.39 is 0 Å². The second-order valence-electron chi connectivity index (χ2n) is 2.93. The fourth-order valence-electron chi connectivity index (χ4n) is 1.10. The Morgan fingerprint density at radius 2 is 2.43 bits per heavy atom. The molecule has 0 aromatic carbocycles. The van der Waals surface area contributed by atoms with E-state index in [0.29, 0.717) is 23.9 Å². The fraction of sp³-hybridized carbons (Fsp3) is 0.375. The van der Waals surface area contributed by atoms with Gasteiger partial charge in [-0.15, -0.1) is 0 Å². The van der Waals surface area contributed by atoms with Gasteiger partial charge >= 0.3 is 0 Å². The molecule has 0 bridgehead atoms. The quantitative estimate of drug-likeness (QED) is 0.765. The Balaban J connectivity index is 2.10. The van der Waals surface area contributed by atoms with Crippen molar-refractivity contribution in [2.45, 2.75) is 19.9 Å². The first-order valence-corrected chi connectivity index (χ1v) is 4.37. The minimum Gasteiger partial charge on any atom is -0.396 e. The molecule has 0 aliphatic rings. The van der Waals surface area contributed by atoms with Gasteiger partial charge in [0.25, 0.3) is 0 Å². The Kier molecular flexibility index (Phi) is 2.18. The molecule has 0 atom stereocenters. The molecule has 6 nitrogen and oxygen atoms in total. The van der Waals surface area contributed by atoms with Gasteiger partial charge in [0, 0.05) is 12.6 Å². The molecule has 0 aliphatic heterocycles. The third-order valence-electron chi connectivity index (χ3n) is 1.78. The Morgan fingerprint density at radius 3 is 3.00 bits per heavy atom. The number of hydrogen-bond donors (Lipinski definition) is 1. The van der Waals surface area contributed by atoms with E-state index in [4.69, 9.17) is 10.3 Å².